The Hall–Kier alpha value is -3.81. The van der Waals surface area contributed by atoms with Gasteiger partial charge in [-0.1, -0.05) is 38.1 Å². The molecular formula is C28H35N5O3. The summed E-state index contributed by atoms with van der Waals surface area (Å²) in [5.41, 5.74) is 7.92. The number of ether oxygens (including phenoxy) is 2. The number of fused-ring (bicyclic) bond motifs is 1. The Kier molecular flexibility index (Phi) is 7.06. The summed E-state index contributed by atoms with van der Waals surface area (Å²) in [6, 6.07) is 11.9. The number of methoxy groups -OCH3 is 2. The minimum absolute atomic E-state index is 0.126. The van der Waals surface area contributed by atoms with E-state index in [1.54, 1.807) is 26.3 Å². The van der Waals surface area contributed by atoms with E-state index >= 15 is 0 Å². The number of aromatic nitrogens is 2. The van der Waals surface area contributed by atoms with Gasteiger partial charge in [-0.05, 0) is 49.4 Å². The van der Waals surface area contributed by atoms with Crippen LogP contribution in [0.4, 0.5) is 4.79 Å². The first-order chi connectivity index (χ1) is 17.2. The van der Waals surface area contributed by atoms with Crippen molar-refractivity contribution in [2.75, 3.05) is 21.3 Å². The van der Waals surface area contributed by atoms with E-state index < -0.39 is 0 Å². The summed E-state index contributed by atoms with van der Waals surface area (Å²) in [6.07, 6.45) is 0.639. The number of hydrogen-bond acceptors (Lipinski definition) is 5. The molecule has 2 aromatic carbocycles. The van der Waals surface area contributed by atoms with Gasteiger partial charge in [-0.15, -0.1) is 0 Å². The normalized spacial score (nSPS) is 15.3. The van der Waals surface area contributed by atoms with Gasteiger partial charge in [0.05, 0.1) is 31.7 Å². The summed E-state index contributed by atoms with van der Waals surface area (Å²) in [6.45, 7) is 8.31. The molecule has 4 rings (SSSR count). The van der Waals surface area contributed by atoms with Crippen LogP contribution >= 0.6 is 0 Å². The highest BCUT2D eigenvalue weighted by atomic mass is 16.5. The number of amides is 2. The average molecular weight is 490 g/mol. The van der Waals surface area contributed by atoms with E-state index in [1.165, 1.54) is 0 Å². The highest BCUT2D eigenvalue weighted by Crippen LogP contribution is 2.36. The molecule has 8 nitrogen and oxygen atoms in total. The lowest BCUT2D eigenvalue weighted by molar-refractivity contribution is 0.160. The Labute approximate surface area is 212 Å². The van der Waals surface area contributed by atoms with Crippen molar-refractivity contribution in [2.24, 2.45) is 18.1 Å². The number of benzene rings is 2. The number of rotatable bonds is 5. The lowest BCUT2D eigenvalue weighted by Gasteiger charge is -2.29. The largest absolute Gasteiger partial charge is 0.493 e. The molecule has 2 amide bonds. The summed E-state index contributed by atoms with van der Waals surface area (Å²) in [7, 11) is 6.84. The van der Waals surface area contributed by atoms with Gasteiger partial charge in [0.25, 0.3) is 0 Å². The molecule has 1 aromatic heterocycles. The van der Waals surface area contributed by atoms with Crippen molar-refractivity contribution in [1.82, 2.24) is 20.1 Å². The SMILES string of the molecule is CNC(=O)N1N=C(c2ccc(-c3c(C)nn(C)c3C)cc2)c2cc(OC)c(OC)cc2CC1C(C)C. The van der Waals surface area contributed by atoms with Crippen LogP contribution in [0, 0.1) is 19.8 Å². The van der Waals surface area contributed by atoms with Crippen LogP contribution in [0.2, 0.25) is 0 Å². The van der Waals surface area contributed by atoms with E-state index in [2.05, 4.69) is 55.5 Å². The minimum atomic E-state index is -0.240. The Morgan fingerprint density at radius 1 is 1.06 bits per heavy atom. The predicted molar refractivity (Wildman–Crippen MR) is 142 cm³/mol. The van der Waals surface area contributed by atoms with E-state index in [0.29, 0.717) is 23.6 Å². The third kappa shape index (κ3) is 4.43. The van der Waals surface area contributed by atoms with Crippen molar-refractivity contribution in [3.63, 3.8) is 0 Å². The van der Waals surface area contributed by atoms with Gasteiger partial charge in [0.15, 0.2) is 11.5 Å². The topological polar surface area (TPSA) is 81.0 Å². The Morgan fingerprint density at radius 3 is 2.19 bits per heavy atom. The zero-order valence-electron chi connectivity index (χ0n) is 22.3. The molecule has 1 N–H and O–H groups in total. The molecule has 2 heterocycles. The van der Waals surface area contributed by atoms with Crippen LogP contribution in [0.1, 0.15) is 41.9 Å². The maximum absolute atomic E-state index is 13.0. The molecule has 0 radical (unpaired) electrons. The monoisotopic (exact) mass is 489 g/mol. The first-order valence-electron chi connectivity index (χ1n) is 12.2. The second kappa shape index (κ2) is 10.0. The fraction of sp³-hybridized carbons (Fsp3) is 0.393. The fourth-order valence-electron chi connectivity index (χ4n) is 4.89. The van der Waals surface area contributed by atoms with Crippen molar-refractivity contribution in [2.45, 2.75) is 40.2 Å². The number of hydrogen-bond donors (Lipinski definition) is 1. The molecule has 8 heteroatoms. The van der Waals surface area contributed by atoms with Crippen LogP contribution in [-0.2, 0) is 13.5 Å². The first-order valence-corrected chi connectivity index (χ1v) is 12.2. The van der Waals surface area contributed by atoms with Crippen molar-refractivity contribution in [1.29, 1.82) is 0 Å². The van der Waals surface area contributed by atoms with E-state index in [1.807, 2.05) is 30.8 Å². The molecule has 0 aliphatic carbocycles. The van der Waals surface area contributed by atoms with Crippen LogP contribution in [0.15, 0.2) is 41.5 Å². The van der Waals surface area contributed by atoms with Gasteiger partial charge in [-0.25, -0.2) is 9.80 Å². The first kappa shape index (κ1) is 25.3. The molecule has 1 aliphatic rings. The lowest BCUT2D eigenvalue weighted by atomic mass is 9.90. The second-order valence-electron chi connectivity index (χ2n) is 9.47. The number of hydrazone groups is 1. The van der Waals surface area contributed by atoms with Crippen LogP contribution < -0.4 is 14.8 Å². The smallest absolute Gasteiger partial charge is 0.337 e. The zero-order chi connectivity index (χ0) is 26.1. The van der Waals surface area contributed by atoms with Crippen LogP contribution in [0.3, 0.4) is 0 Å². The lowest BCUT2D eigenvalue weighted by Crippen LogP contribution is -2.45. The van der Waals surface area contributed by atoms with E-state index in [9.17, 15) is 4.79 Å². The molecule has 0 bridgehead atoms. The molecule has 0 fully saturated rings. The van der Waals surface area contributed by atoms with Crippen LogP contribution in [0.25, 0.3) is 11.1 Å². The maximum atomic E-state index is 13.0. The van der Waals surface area contributed by atoms with Gasteiger partial charge in [0.2, 0.25) is 0 Å². The molecule has 3 aromatic rings. The van der Waals surface area contributed by atoms with Crippen molar-refractivity contribution in [3.05, 3.63) is 64.5 Å². The molecule has 0 spiro atoms. The summed E-state index contributed by atoms with van der Waals surface area (Å²) >= 11 is 0. The van der Waals surface area contributed by atoms with Crippen molar-refractivity contribution < 1.29 is 14.3 Å². The standard InChI is InChI=1S/C28H35N5O3/c1-16(2)23-13-21-14-24(35-7)25(36-8)15-22(21)27(31-33(23)28(34)29-5)20-11-9-19(10-12-20)26-17(3)30-32(6)18(26)4/h9-12,14-16,23H,13H2,1-8H3,(H,29,34). The molecule has 1 atom stereocenters. The molecule has 190 valence electrons. The van der Waals surface area contributed by atoms with Gasteiger partial charge < -0.3 is 14.8 Å². The van der Waals surface area contributed by atoms with E-state index in [0.717, 1.165) is 39.2 Å². The van der Waals surface area contributed by atoms with E-state index in [4.69, 9.17) is 14.6 Å². The number of urea groups is 1. The van der Waals surface area contributed by atoms with Crippen LogP contribution in [-0.4, -0.2) is 53.8 Å². The quantitative estimate of drug-likeness (QED) is 0.564. The number of nitrogens with zero attached hydrogens (tertiary/aromatic N) is 4. The summed E-state index contributed by atoms with van der Waals surface area (Å²) in [4.78, 5) is 13.0. The van der Waals surface area contributed by atoms with Crippen molar-refractivity contribution in [3.8, 4) is 22.6 Å². The third-order valence-electron chi connectivity index (χ3n) is 6.96. The highest BCUT2D eigenvalue weighted by Gasteiger charge is 2.32. The Bertz CT molecular complexity index is 1310. The molecule has 1 aliphatic heterocycles. The molecule has 1 unspecified atom stereocenters. The molecule has 0 saturated heterocycles. The molecule has 36 heavy (non-hydrogen) atoms. The van der Waals surface area contributed by atoms with Crippen LogP contribution in [0.5, 0.6) is 11.5 Å². The Morgan fingerprint density at radius 2 is 1.67 bits per heavy atom. The zero-order valence-corrected chi connectivity index (χ0v) is 22.3. The van der Waals surface area contributed by atoms with Gasteiger partial charge in [-0.3, -0.25) is 4.68 Å². The maximum Gasteiger partial charge on any atom is 0.337 e. The minimum Gasteiger partial charge on any atom is -0.493 e. The van der Waals surface area contributed by atoms with Crippen molar-refractivity contribution >= 4 is 11.7 Å². The predicted octanol–water partition coefficient (Wildman–Crippen LogP) is 4.70. The Balaban J connectivity index is 1.91. The van der Waals surface area contributed by atoms with Gasteiger partial charge in [-0.2, -0.15) is 10.2 Å². The van der Waals surface area contributed by atoms with E-state index in [-0.39, 0.29) is 18.0 Å². The second-order valence-corrected chi connectivity index (χ2v) is 9.47. The summed E-state index contributed by atoms with van der Waals surface area (Å²) in [5, 5.41) is 13.9. The third-order valence-corrected chi connectivity index (χ3v) is 6.96. The molecule has 0 saturated carbocycles. The number of carbonyl (C=O) groups excluding carboxylic acids is 1. The van der Waals surface area contributed by atoms with Gasteiger partial charge in [0, 0.05) is 36.5 Å². The summed E-state index contributed by atoms with van der Waals surface area (Å²) in [5.74, 6) is 1.46. The fourth-order valence-corrected chi connectivity index (χ4v) is 4.89. The molecular weight excluding hydrogens is 454 g/mol. The average Bonchev–Trinajstić information content (AvgIpc) is 3.03. The number of aryl methyl sites for hydroxylation is 2. The number of carbonyl (C=O) groups is 1. The summed E-state index contributed by atoms with van der Waals surface area (Å²) < 4.78 is 13.1. The highest BCUT2D eigenvalue weighted by molar-refractivity contribution is 6.14. The number of nitrogens with one attached hydrogen (secondary N) is 1. The van der Waals surface area contributed by atoms with Gasteiger partial charge in [0.1, 0.15) is 0 Å². The van der Waals surface area contributed by atoms with Gasteiger partial charge >= 0.3 is 6.03 Å².